The number of aromatic nitrogens is 2. The first-order valence-corrected chi connectivity index (χ1v) is 7.85. The number of rotatable bonds is 4. The predicted octanol–water partition coefficient (Wildman–Crippen LogP) is 4.79. The van der Waals surface area contributed by atoms with E-state index in [9.17, 15) is 4.39 Å². The normalized spacial score (nSPS) is 10.8. The fourth-order valence-corrected chi connectivity index (χ4v) is 3.43. The molecule has 2 nitrogen and oxygen atoms in total. The zero-order chi connectivity index (χ0) is 14.7. The summed E-state index contributed by atoms with van der Waals surface area (Å²) in [5.74, 6) is 0.281. The van der Waals surface area contributed by atoms with E-state index in [1.54, 1.807) is 35.9 Å². The van der Waals surface area contributed by atoms with E-state index < -0.39 is 0 Å². The van der Waals surface area contributed by atoms with E-state index in [1.807, 2.05) is 12.1 Å². The second-order valence-corrected chi connectivity index (χ2v) is 5.94. The molecule has 0 aliphatic heterocycles. The Balaban J connectivity index is 2.06. The molecule has 0 radical (unpaired) electrons. The van der Waals surface area contributed by atoms with Gasteiger partial charge in [-0.05, 0) is 42.8 Å². The van der Waals surface area contributed by atoms with Crippen LogP contribution < -0.4 is 0 Å². The van der Waals surface area contributed by atoms with Crippen LogP contribution in [-0.2, 0) is 6.42 Å². The summed E-state index contributed by atoms with van der Waals surface area (Å²) in [5.41, 5.74) is 2.76. The van der Waals surface area contributed by atoms with E-state index in [2.05, 4.69) is 4.98 Å². The number of hydrogen-bond acceptors (Lipinski definition) is 3. The van der Waals surface area contributed by atoms with Crippen molar-refractivity contribution in [1.82, 2.24) is 9.97 Å². The van der Waals surface area contributed by atoms with Crippen LogP contribution in [0.15, 0.2) is 48.8 Å². The summed E-state index contributed by atoms with van der Waals surface area (Å²) in [6.45, 7) is 0. The lowest BCUT2D eigenvalue weighted by atomic mass is 10.1. The molecule has 1 aromatic carbocycles. The highest BCUT2D eigenvalue weighted by Crippen LogP contribution is 2.34. The fourth-order valence-electron chi connectivity index (χ4n) is 2.05. The van der Waals surface area contributed by atoms with E-state index >= 15 is 0 Å². The van der Waals surface area contributed by atoms with Gasteiger partial charge in [-0.1, -0.05) is 0 Å². The molecule has 0 saturated carbocycles. The molecule has 0 aliphatic rings. The van der Waals surface area contributed by atoms with Gasteiger partial charge >= 0.3 is 0 Å². The molecule has 0 N–H and O–H groups in total. The van der Waals surface area contributed by atoms with E-state index in [4.69, 9.17) is 16.6 Å². The van der Waals surface area contributed by atoms with Gasteiger partial charge in [-0.25, -0.2) is 9.37 Å². The van der Waals surface area contributed by atoms with Gasteiger partial charge < -0.3 is 0 Å². The van der Waals surface area contributed by atoms with Crippen molar-refractivity contribution in [2.24, 2.45) is 0 Å². The summed E-state index contributed by atoms with van der Waals surface area (Å²) in [6.07, 6.45) is 4.27. The second-order valence-electron chi connectivity index (χ2n) is 4.48. The molecule has 0 aliphatic carbocycles. The second kappa shape index (κ2) is 6.33. The van der Waals surface area contributed by atoms with Crippen LogP contribution in [0.4, 0.5) is 4.39 Å². The monoisotopic (exact) mass is 318 g/mol. The summed E-state index contributed by atoms with van der Waals surface area (Å²) in [4.78, 5) is 9.92. The molecule has 5 heteroatoms. The van der Waals surface area contributed by atoms with Crippen molar-refractivity contribution in [3.8, 4) is 21.8 Å². The SMILES string of the molecule is Fc1ccc(-c2nc(-c3cccnc3)sc2CCCl)cc1. The topological polar surface area (TPSA) is 25.8 Å². The van der Waals surface area contributed by atoms with Gasteiger partial charge in [-0.3, -0.25) is 4.98 Å². The highest BCUT2D eigenvalue weighted by atomic mass is 35.5. The van der Waals surface area contributed by atoms with Crippen LogP contribution in [0.25, 0.3) is 21.8 Å². The van der Waals surface area contributed by atoms with Crippen molar-refractivity contribution in [1.29, 1.82) is 0 Å². The lowest BCUT2D eigenvalue weighted by Gasteiger charge is -2.00. The van der Waals surface area contributed by atoms with Gasteiger partial charge in [0.15, 0.2) is 0 Å². The number of hydrogen-bond donors (Lipinski definition) is 0. The lowest BCUT2D eigenvalue weighted by molar-refractivity contribution is 0.628. The molecule has 0 fully saturated rings. The maximum Gasteiger partial charge on any atom is 0.125 e. The van der Waals surface area contributed by atoms with Crippen LogP contribution in [0.2, 0.25) is 0 Å². The molecule has 2 heterocycles. The summed E-state index contributed by atoms with van der Waals surface area (Å²) in [6, 6.07) is 10.2. The predicted molar refractivity (Wildman–Crippen MR) is 85.2 cm³/mol. The van der Waals surface area contributed by atoms with Crippen LogP contribution in [-0.4, -0.2) is 15.8 Å². The van der Waals surface area contributed by atoms with E-state index in [1.165, 1.54) is 12.1 Å². The molecule has 21 heavy (non-hydrogen) atoms. The average Bonchev–Trinajstić information content (AvgIpc) is 2.93. The first-order valence-electron chi connectivity index (χ1n) is 6.50. The Morgan fingerprint density at radius 2 is 1.90 bits per heavy atom. The maximum absolute atomic E-state index is 13.1. The molecule has 2 aromatic heterocycles. The van der Waals surface area contributed by atoms with Gasteiger partial charge in [0.25, 0.3) is 0 Å². The van der Waals surface area contributed by atoms with Gasteiger partial charge in [0.1, 0.15) is 10.8 Å². The summed E-state index contributed by atoms with van der Waals surface area (Å²) in [5, 5.41) is 0.905. The number of thiazole rings is 1. The number of pyridine rings is 1. The quantitative estimate of drug-likeness (QED) is 0.646. The molecular formula is C16H12ClFN2S. The summed E-state index contributed by atoms with van der Waals surface area (Å²) >= 11 is 7.49. The minimum atomic E-state index is -0.250. The first-order chi connectivity index (χ1) is 10.3. The maximum atomic E-state index is 13.1. The lowest BCUT2D eigenvalue weighted by Crippen LogP contribution is -1.87. The van der Waals surface area contributed by atoms with E-state index in [0.29, 0.717) is 5.88 Å². The minimum absolute atomic E-state index is 0.250. The highest BCUT2D eigenvalue weighted by molar-refractivity contribution is 7.15. The summed E-state index contributed by atoms with van der Waals surface area (Å²) in [7, 11) is 0. The van der Waals surface area contributed by atoms with Gasteiger partial charge in [-0.2, -0.15) is 0 Å². The number of nitrogens with zero attached hydrogens (tertiary/aromatic N) is 2. The van der Waals surface area contributed by atoms with Crippen molar-refractivity contribution >= 4 is 22.9 Å². The van der Waals surface area contributed by atoms with Crippen LogP contribution in [0.1, 0.15) is 4.88 Å². The third-order valence-corrected chi connectivity index (χ3v) is 4.40. The molecule has 3 aromatic rings. The molecule has 0 amide bonds. The number of alkyl halides is 1. The molecule has 0 spiro atoms. The number of benzene rings is 1. The van der Waals surface area contributed by atoms with Crippen LogP contribution in [0.3, 0.4) is 0 Å². The molecule has 0 saturated heterocycles. The standard InChI is InChI=1S/C16H12ClFN2S/c17-8-7-14-15(11-3-5-13(18)6-4-11)20-16(21-14)12-2-1-9-19-10-12/h1-6,9-10H,7-8H2. The smallest absolute Gasteiger partial charge is 0.125 e. The number of aryl methyl sites for hydroxylation is 1. The third kappa shape index (κ3) is 3.12. The van der Waals surface area contributed by atoms with Gasteiger partial charge in [-0.15, -0.1) is 22.9 Å². The molecular weight excluding hydrogens is 307 g/mol. The average molecular weight is 319 g/mol. The summed E-state index contributed by atoms with van der Waals surface area (Å²) < 4.78 is 13.1. The Bertz CT molecular complexity index is 726. The van der Waals surface area contributed by atoms with Crippen LogP contribution >= 0.6 is 22.9 Å². The van der Waals surface area contributed by atoms with Gasteiger partial charge in [0.05, 0.1) is 5.69 Å². The highest BCUT2D eigenvalue weighted by Gasteiger charge is 2.14. The van der Waals surface area contributed by atoms with Crippen LogP contribution in [0.5, 0.6) is 0 Å². The Morgan fingerprint density at radius 3 is 2.57 bits per heavy atom. The Hall–Kier alpha value is -1.78. The van der Waals surface area contributed by atoms with Crippen molar-refractivity contribution in [2.45, 2.75) is 6.42 Å². The zero-order valence-electron chi connectivity index (χ0n) is 11.1. The van der Waals surface area contributed by atoms with Gasteiger partial charge in [0.2, 0.25) is 0 Å². The number of halogens is 2. The Kier molecular flexibility index (Phi) is 4.27. The van der Waals surface area contributed by atoms with E-state index in [0.717, 1.165) is 33.1 Å². The van der Waals surface area contributed by atoms with Crippen molar-refractivity contribution in [2.75, 3.05) is 5.88 Å². The van der Waals surface area contributed by atoms with Gasteiger partial charge in [0, 0.05) is 34.3 Å². The Morgan fingerprint density at radius 1 is 1.10 bits per heavy atom. The van der Waals surface area contributed by atoms with Crippen molar-refractivity contribution < 1.29 is 4.39 Å². The van der Waals surface area contributed by atoms with Crippen LogP contribution in [0, 0.1) is 5.82 Å². The third-order valence-electron chi connectivity index (χ3n) is 3.05. The van der Waals surface area contributed by atoms with Crippen molar-refractivity contribution in [3.05, 3.63) is 59.5 Å². The molecule has 3 rings (SSSR count). The van der Waals surface area contributed by atoms with Crippen molar-refractivity contribution in [3.63, 3.8) is 0 Å². The molecule has 106 valence electrons. The minimum Gasteiger partial charge on any atom is -0.264 e. The first kappa shape index (κ1) is 14.2. The Labute approximate surface area is 131 Å². The van der Waals surface area contributed by atoms with E-state index in [-0.39, 0.29) is 5.82 Å². The fraction of sp³-hybridized carbons (Fsp3) is 0.125. The molecule has 0 atom stereocenters. The largest absolute Gasteiger partial charge is 0.264 e. The molecule has 0 unspecified atom stereocenters. The zero-order valence-corrected chi connectivity index (χ0v) is 12.7. The molecule has 0 bridgehead atoms.